The lowest BCUT2D eigenvalue weighted by molar-refractivity contribution is -0.133. The van der Waals surface area contributed by atoms with Crippen molar-refractivity contribution in [3.05, 3.63) is 66.2 Å². The van der Waals surface area contributed by atoms with Crippen LogP contribution in [-0.2, 0) is 14.8 Å². The minimum absolute atomic E-state index is 0.0856. The van der Waals surface area contributed by atoms with Gasteiger partial charge in [0.1, 0.15) is 23.1 Å². The molecule has 6 rings (SSSR count). The standard InChI is InChI=1S/C32H35N5O2Si/c1-30(2,3)40(5,6)39-31(4)19-32(20-31)17-27(38)35-29-24(18-33)28(36-37(29)32)23-13-12-22-14-15-25(34-26(22)16-23)21-10-8-7-9-11-21/h7-16H,17,19-20H2,1-6H3,(H,35,38). The predicted molar refractivity (Wildman–Crippen MR) is 160 cm³/mol. The van der Waals surface area contributed by atoms with E-state index in [2.05, 4.69) is 58.2 Å². The third-order valence-electron chi connectivity index (χ3n) is 8.94. The van der Waals surface area contributed by atoms with Crippen molar-refractivity contribution in [2.45, 2.75) is 76.2 Å². The van der Waals surface area contributed by atoms with Gasteiger partial charge in [0.05, 0.1) is 28.8 Å². The molecule has 2 aliphatic rings. The van der Waals surface area contributed by atoms with Crippen molar-refractivity contribution >= 4 is 30.9 Å². The molecular weight excluding hydrogens is 514 g/mol. The van der Waals surface area contributed by atoms with Gasteiger partial charge in [-0.05, 0) is 37.2 Å². The lowest BCUT2D eigenvalue weighted by Gasteiger charge is -2.58. The minimum atomic E-state index is -2.01. The Morgan fingerprint density at radius 3 is 2.42 bits per heavy atom. The molecule has 40 heavy (non-hydrogen) atoms. The van der Waals surface area contributed by atoms with Gasteiger partial charge in [0.25, 0.3) is 0 Å². The fourth-order valence-corrected chi connectivity index (χ4v) is 7.91. The van der Waals surface area contributed by atoms with Crippen LogP contribution in [0.1, 0.15) is 52.5 Å². The molecule has 1 amide bonds. The minimum Gasteiger partial charge on any atom is -0.411 e. The number of aromatic nitrogens is 3. The molecular formula is C32H35N5O2Si. The van der Waals surface area contributed by atoms with Gasteiger partial charge in [-0.1, -0.05) is 69.3 Å². The molecule has 1 spiro atoms. The zero-order valence-electron chi connectivity index (χ0n) is 24.0. The summed E-state index contributed by atoms with van der Waals surface area (Å²) in [4.78, 5) is 17.9. The molecule has 1 fully saturated rings. The molecule has 0 saturated heterocycles. The molecule has 0 bridgehead atoms. The molecule has 2 aromatic heterocycles. The average Bonchev–Trinajstić information content (AvgIpc) is 3.25. The summed E-state index contributed by atoms with van der Waals surface area (Å²) in [7, 11) is -2.01. The molecule has 0 radical (unpaired) electrons. The molecule has 1 aliphatic heterocycles. The molecule has 3 heterocycles. The first kappa shape index (κ1) is 26.4. The number of pyridine rings is 1. The number of carbonyl (C=O) groups excluding carboxylic acids is 1. The van der Waals surface area contributed by atoms with E-state index in [1.807, 2.05) is 59.3 Å². The quantitative estimate of drug-likeness (QED) is 0.271. The number of carbonyl (C=O) groups is 1. The second-order valence-electron chi connectivity index (χ2n) is 13.2. The van der Waals surface area contributed by atoms with Crippen LogP contribution in [0.2, 0.25) is 18.1 Å². The van der Waals surface area contributed by atoms with Crippen LogP contribution in [0.5, 0.6) is 0 Å². The van der Waals surface area contributed by atoms with Gasteiger partial charge < -0.3 is 9.74 Å². The predicted octanol–water partition coefficient (Wildman–Crippen LogP) is 7.25. The Bertz CT molecular complexity index is 1690. The topological polar surface area (TPSA) is 92.8 Å². The van der Waals surface area contributed by atoms with Crippen LogP contribution in [0.3, 0.4) is 0 Å². The lowest BCUT2D eigenvalue weighted by atomic mass is 9.63. The number of nitrogens with zero attached hydrogens (tertiary/aromatic N) is 4. The van der Waals surface area contributed by atoms with Crippen molar-refractivity contribution in [3.63, 3.8) is 0 Å². The normalized spacial score (nSPS) is 22.5. The van der Waals surface area contributed by atoms with E-state index in [4.69, 9.17) is 14.5 Å². The monoisotopic (exact) mass is 549 g/mol. The van der Waals surface area contributed by atoms with Gasteiger partial charge in [-0.15, -0.1) is 0 Å². The van der Waals surface area contributed by atoms with E-state index < -0.39 is 13.9 Å². The molecule has 0 atom stereocenters. The van der Waals surface area contributed by atoms with E-state index in [0.717, 1.165) is 27.7 Å². The van der Waals surface area contributed by atoms with Gasteiger partial charge in [-0.3, -0.25) is 4.79 Å². The number of amides is 1. The molecule has 1 saturated carbocycles. The average molecular weight is 550 g/mol. The van der Waals surface area contributed by atoms with Crippen molar-refractivity contribution in [3.8, 4) is 28.6 Å². The molecule has 0 unspecified atom stereocenters. The maximum absolute atomic E-state index is 12.9. The summed E-state index contributed by atoms with van der Waals surface area (Å²) < 4.78 is 8.74. The van der Waals surface area contributed by atoms with E-state index in [1.165, 1.54) is 0 Å². The van der Waals surface area contributed by atoms with Crippen molar-refractivity contribution in [1.29, 1.82) is 5.26 Å². The third-order valence-corrected chi connectivity index (χ3v) is 13.6. The van der Waals surface area contributed by atoms with Crippen LogP contribution < -0.4 is 5.32 Å². The highest BCUT2D eigenvalue weighted by atomic mass is 28.4. The third kappa shape index (κ3) is 4.25. The highest BCUT2D eigenvalue weighted by molar-refractivity contribution is 6.74. The SMILES string of the molecule is CC1(O[Si](C)(C)C(C)(C)C)CC2(CC(=O)Nc3c(C#N)c(-c4ccc5ccc(-c6ccccc6)nc5c4)nn32)C1. The fourth-order valence-electron chi connectivity index (χ4n) is 6.23. The summed E-state index contributed by atoms with van der Waals surface area (Å²) in [6, 6.07) is 22.4. The zero-order valence-corrected chi connectivity index (χ0v) is 25.0. The van der Waals surface area contributed by atoms with E-state index >= 15 is 0 Å². The maximum Gasteiger partial charge on any atom is 0.228 e. The largest absolute Gasteiger partial charge is 0.411 e. The summed E-state index contributed by atoms with van der Waals surface area (Å²) in [6.07, 6.45) is 1.68. The van der Waals surface area contributed by atoms with E-state index in [-0.39, 0.29) is 16.5 Å². The smallest absolute Gasteiger partial charge is 0.228 e. The Morgan fingerprint density at radius 2 is 1.75 bits per heavy atom. The molecule has 1 N–H and O–H groups in total. The Hall–Kier alpha value is -3.80. The first-order valence-corrected chi connectivity index (χ1v) is 16.7. The van der Waals surface area contributed by atoms with Gasteiger partial charge in [0, 0.05) is 29.4 Å². The molecule has 7 nitrogen and oxygen atoms in total. The van der Waals surface area contributed by atoms with E-state index in [0.29, 0.717) is 36.3 Å². The molecule has 1 aliphatic carbocycles. The van der Waals surface area contributed by atoms with E-state index in [9.17, 15) is 10.1 Å². The van der Waals surface area contributed by atoms with Crippen LogP contribution in [0.25, 0.3) is 33.4 Å². The number of anilines is 1. The Kier molecular flexibility index (Phi) is 5.85. The summed E-state index contributed by atoms with van der Waals surface area (Å²) in [6.45, 7) is 13.4. The molecule has 4 aromatic rings. The van der Waals surface area contributed by atoms with E-state index in [1.54, 1.807) is 0 Å². The van der Waals surface area contributed by atoms with Crippen molar-refractivity contribution in [2.24, 2.45) is 0 Å². The number of benzene rings is 2. The number of nitrogens with one attached hydrogen (secondary N) is 1. The van der Waals surface area contributed by atoms with Gasteiger partial charge in [0.15, 0.2) is 8.32 Å². The van der Waals surface area contributed by atoms with Crippen LogP contribution >= 0.6 is 0 Å². The first-order valence-electron chi connectivity index (χ1n) is 13.8. The number of fused-ring (bicyclic) bond motifs is 3. The number of hydrogen-bond acceptors (Lipinski definition) is 5. The molecule has 8 heteroatoms. The van der Waals surface area contributed by atoms with Gasteiger partial charge in [-0.2, -0.15) is 10.4 Å². The highest BCUT2D eigenvalue weighted by Crippen LogP contribution is 2.56. The van der Waals surface area contributed by atoms with Crippen LogP contribution in [0, 0.1) is 11.3 Å². The van der Waals surface area contributed by atoms with Crippen molar-refractivity contribution in [1.82, 2.24) is 14.8 Å². The van der Waals surface area contributed by atoms with Crippen LogP contribution in [0.4, 0.5) is 5.82 Å². The number of hydrogen-bond donors (Lipinski definition) is 1. The summed E-state index contributed by atoms with van der Waals surface area (Å²) in [5.41, 5.74) is 3.65. The van der Waals surface area contributed by atoms with Crippen molar-refractivity contribution in [2.75, 3.05) is 5.32 Å². The fraction of sp³-hybridized carbons (Fsp3) is 0.375. The maximum atomic E-state index is 12.9. The highest BCUT2D eigenvalue weighted by Gasteiger charge is 2.60. The lowest BCUT2D eigenvalue weighted by Crippen LogP contribution is -2.64. The zero-order chi connectivity index (χ0) is 28.5. The van der Waals surface area contributed by atoms with Crippen LogP contribution in [-0.4, -0.2) is 34.6 Å². The van der Waals surface area contributed by atoms with Crippen LogP contribution in [0.15, 0.2) is 60.7 Å². The Balaban J connectivity index is 1.39. The summed E-state index contributed by atoms with van der Waals surface area (Å²) in [5, 5.41) is 19.3. The number of rotatable bonds is 4. The Morgan fingerprint density at radius 1 is 1.05 bits per heavy atom. The van der Waals surface area contributed by atoms with Gasteiger partial charge in [-0.25, -0.2) is 9.67 Å². The number of nitriles is 1. The second-order valence-corrected chi connectivity index (χ2v) is 17.9. The summed E-state index contributed by atoms with van der Waals surface area (Å²) >= 11 is 0. The molecule has 2 aromatic carbocycles. The second kappa shape index (κ2) is 8.85. The summed E-state index contributed by atoms with van der Waals surface area (Å²) in [5.74, 6) is 0.395. The first-order chi connectivity index (χ1) is 18.8. The molecule has 204 valence electrons. The van der Waals surface area contributed by atoms with Crippen molar-refractivity contribution < 1.29 is 9.22 Å². The van der Waals surface area contributed by atoms with Gasteiger partial charge >= 0.3 is 0 Å². The Labute approximate surface area is 236 Å². The van der Waals surface area contributed by atoms with Gasteiger partial charge in [0.2, 0.25) is 5.91 Å².